The summed E-state index contributed by atoms with van der Waals surface area (Å²) < 4.78 is 2.15. The van der Waals surface area contributed by atoms with Crippen LogP contribution in [0.2, 0.25) is 0 Å². The number of benzene rings is 2. The van der Waals surface area contributed by atoms with Crippen LogP contribution >= 0.6 is 0 Å². The van der Waals surface area contributed by atoms with Crippen LogP contribution in [0.5, 0.6) is 0 Å². The Bertz CT molecular complexity index is 756. The number of hydrogen-bond acceptors (Lipinski definition) is 2. The molecule has 3 heteroatoms. The number of fused-ring (bicyclic) bond motifs is 1. The quantitative estimate of drug-likeness (QED) is 0.791. The highest BCUT2D eigenvalue weighted by molar-refractivity contribution is 5.81. The van der Waals surface area contributed by atoms with Gasteiger partial charge < -0.3 is 10.3 Å². The molecule has 0 spiro atoms. The van der Waals surface area contributed by atoms with Gasteiger partial charge in [0.25, 0.3) is 0 Å². The van der Waals surface area contributed by atoms with Crippen LogP contribution in [-0.4, -0.2) is 16.1 Å². The van der Waals surface area contributed by atoms with Crippen molar-refractivity contribution in [1.82, 2.24) is 9.55 Å². The standard InChI is InChI=1S/C17H19N3/c1-12-6-7-16-15(10-12)19-17(20(16)2)14-5-3-4-13(11-14)8-9-18/h3-7,10-11H,8-9,18H2,1-2H3. The summed E-state index contributed by atoms with van der Waals surface area (Å²) in [6.45, 7) is 2.76. The highest BCUT2D eigenvalue weighted by atomic mass is 15.1. The highest BCUT2D eigenvalue weighted by Crippen LogP contribution is 2.25. The first-order valence-corrected chi connectivity index (χ1v) is 6.91. The van der Waals surface area contributed by atoms with Crippen LogP contribution in [0.15, 0.2) is 42.5 Å². The molecule has 0 saturated heterocycles. The number of nitrogens with zero attached hydrogens (tertiary/aromatic N) is 2. The van der Waals surface area contributed by atoms with Crippen molar-refractivity contribution in [1.29, 1.82) is 0 Å². The average molecular weight is 265 g/mol. The van der Waals surface area contributed by atoms with Gasteiger partial charge in [0.1, 0.15) is 5.82 Å². The molecule has 0 fully saturated rings. The molecule has 2 N–H and O–H groups in total. The van der Waals surface area contributed by atoms with Gasteiger partial charge in [0.05, 0.1) is 11.0 Å². The van der Waals surface area contributed by atoms with Crippen LogP contribution in [0, 0.1) is 6.92 Å². The Balaban J connectivity index is 2.14. The van der Waals surface area contributed by atoms with E-state index in [0.29, 0.717) is 6.54 Å². The van der Waals surface area contributed by atoms with Crippen LogP contribution in [-0.2, 0) is 13.5 Å². The fourth-order valence-electron chi connectivity index (χ4n) is 2.60. The second kappa shape index (κ2) is 5.10. The molecule has 0 unspecified atom stereocenters. The third kappa shape index (κ3) is 2.21. The summed E-state index contributed by atoms with van der Waals surface area (Å²) in [5.74, 6) is 1.00. The third-order valence-corrected chi connectivity index (χ3v) is 3.65. The second-order valence-corrected chi connectivity index (χ2v) is 5.23. The Morgan fingerprint density at radius 3 is 2.80 bits per heavy atom. The minimum Gasteiger partial charge on any atom is -0.330 e. The molecule has 0 atom stereocenters. The van der Waals surface area contributed by atoms with Gasteiger partial charge in [-0.25, -0.2) is 4.98 Å². The zero-order chi connectivity index (χ0) is 14.1. The summed E-state index contributed by atoms with van der Waals surface area (Å²) in [4.78, 5) is 4.78. The van der Waals surface area contributed by atoms with Crippen molar-refractivity contribution in [2.24, 2.45) is 12.8 Å². The Morgan fingerprint density at radius 2 is 2.00 bits per heavy atom. The van der Waals surface area contributed by atoms with E-state index in [1.807, 2.05) is 0 Å². The Kier molecular flexibility index (Phi) is 3.28. The zero-order valence-electron chi connectivity index (χ0n) is 11.9. The Labute approximate surface area is 119 Å². The van der Waals surface area contributed by atoms with E-state index in [9.17, 15) is 0 Å². The molecule has 102 valence electrons. The van der Waals surface area contributed by atoms with Crippen molar-refractivity contribution < 1.29 is 0 Å². The van der Waals surface area contributed by atoms with Crippen LogP contribution in [0.1, 0.15) is 11.1 Å². The van der Waals surface area contributed by atoms with Crippen LogP contribution in [0.25, 0.3) is 22.4 Å². The van der Waals surface area contributed by atoms with Crippen LogP contribution in [0.4, 0.5) is 0 Å². The van der Waals surface area contributed by atoms with Crippen LogP contribution < -0.4 is 5.73 Å². The van der Waals surface area contributed by atoms with Gasteiger partial charge in [-0.2, -0.15) is 0 Å². The molecule has 1 aromatic heterocycles. The predicted molar refractivity (Wildman–Crippen MR) is 83.6 cm³/mol. The predicted octanol–water partition coefficient (Wildman–Crippen LogP) is 3.05. The molecule has 2 aromatic carbocycles. The maximum atomic E-state index is 5.64. The molecule has 1 heterocycles. The molecular formula is C17H19N3. The van der Waals surface area contributed by atoms with Gasteiger partial charge in [0.15, 0.2) is 0 Å². The Hall–Kier alpha value is -2.13. The zero-order valence-corrected chi connectivity index (χ0v) is 11.9. The molecule has 0 aliphatic rings. The smallest absolute Gasteiger partial charge is 0.140 e. The van der Waals surface area contributed by atoms with Crippen molar-refractivity contribution in [3.8, 4) is 11.4 Å². The molecule has 3 rings (SSSR count). The van der Waals surface area contributed by atoms with E-state index in [0.717, 1.165) is 28.8 Å². The normalized spacial score (nSPS) is 11.2. The number of aryl methyl sites for hydroxylation is 2. The van der Waals surface area contributed by atoms with E-state index in [4.69, 9.17) is 10.7 Å². The summed E-state index contributed by atoms with van der Waals surface area (Å²) >= 11 is 0. The second-order valence-electron chi connectivity index (χ2n) is 5.23. The maximum absolute atomic E-state index is 5.64. The molecule has 0 aliphatic carbocycles. The van der Waals surface area contributed by atoms with E-state index in [1.165, 1.54) is 11.1 Å². The van der Waals surface area contributed by atoms with Gasteiger partial charge in [0, 0.05) is 12.6 Å². The molecule has 3 nitrogen and oxygen atoms in total. The van der Waals surface area contributed by atoms with Crippen molar-refractivity contribution in [2.75, 3.05) is 6.54 Å². The van der Waals surface area contributed by atoms with E-state index in [-0.39, 0.29) is 0 Å². The molecule has 20 heavy (non-hydrogen) atoms. The largest absolute Gasteiger partial charge is 0.330 e. The summed E-state index contributed by atoms with van der Waals surface area (Å²) in [5.41, 5.74) is 11.5. The van der Waals surface area contributed by atoms with Crippen molar-refractivity contribution in [2.45, 2.75) is 13.3 Å². The first-order valence-electron chi connectivity index (χ1n) is 6.91. The first-order chi connectivity index (χ1) is 9.69. The van der Waals surface area contributed by atoms with Crippen molar-refractivity contribution in [3.63, 3.8) is 0 Å². The maximum Gasteiger partial charge on any atom is 0.140 e. The van der Waals surface area contributed by atoms with Gasteiger partial charge >= 0.3 is 0 Å². The Morgan fingerprint density at radius 1 is 1.15 bits per heavy atom. The highest BCUT2D eigenvalue weighted by Gasteiger charge is 2.10. The van der Waals surface area contributed by atoms with E-state index in [2.05, 4.69) is 61.0 Å². The van der Waals surface area contributed by atoms with Gasteiger partial charge in [-0.15, -0.1) is 0 Å². The lowest BCUT2D eigenvalue weighted by molar-refractivity contribution is 0.951. The van der Waals surface area contributed by atoms with Gasteiger partial charge in [-0.1, -0.05) is 24.3 Å². The van der Waals surface area contributed by atoms with Gasteiger partial charge in [0.2, 0.25) is 0 Å². The minimum atomic E-state index is 0.672. The summed E-state index contributed by atoms with van der Waals surface area (Å²) in [6.07, 6.45) is 0.900. The van der Waals surface area contributed by atoms with Crippen LogP contribution in [0.3, 0.4) is 0 Å². The molecule has 0 bridgehead atoms. The minimum absolute atomic E-state index is 0.672. The fourth-order valence-corrected chi connectivity index (χ4v) is 2.60. The molecule has 0 saturated carbocycles. The monoisotopic (exact) mass is 265 g/mol. The number of imidazole rings is 1. The van der Waals surface area contributed by atoms with Gasteiger partial charge in [-0.05, 0) is 49.2 Å². The fraction of sp³-hybridized carbons (Fsp3) is 0.235. The SMILES string of the molecule is Cc1ccc2c(c1)nc(-c1cccc(CCN)c1)n2C. The molecule has 0 aliphatic heterocycles. The first kappa shape index (κ1) is 12.9. The average Bonchev–Trinajstić information content (AvgIpc) is 2.76. The van der Waals surface area contributed by atoms with Crippen molar-refractivity contribution in [3.05, 3.63) is 53.6 Å². The van der Waals surface area contributed by atoms with E-state index in [1.54, 1.807) is 0 Å². The van der Waals surface area contributed by atoms with E-state index >= 15 is 0 Å². The summed E-state index contributed by atoms with van der Waals surface area (Å²) in [5, 5.41) is 0. The van der Waals surface area contributed by atoms with Gasteiger partial charge in [-0.3, -0.25) is 0 Å². The summed E-state index contributed by atoms with van der Waals surface area (Å²) in [7, 11) is 2.07. The third-order valence-electron chi connectivity index (χ3n) is 3.65. The number of rotatable bonds is 3. The van der Waals surface area contributed by atoms with E-state index < -0.39 is 0 Å². The molecule has 0 radical (unpaired) electrons. The molecule has 3 aromatic rings. The molecular weight excluding hydrogens is 246 g/mol. The number of aromatic nitrogens is 2. The number of hydrogen-bond donors (Lipinski definition) is 1. The lowest BCUT2D eigenvalue weighted by Crippen LogP contribution is -2.02. The molecule has 0 amide bonds. The number of nitrogens with two attached hydrogens (primary N) is 1. The van der Waals surface area contributed by atoms with Crippen molar-refractivity contribution >= 4 is 11.0 Å². The lowest BCUT2D eigenvalue weighted by atomic mass is 10.1. The lowest BCUT2D eigenvalue weighted by Gasteiger charge is -2.05. The summed E-state index contributed by atoms with van der Waals surface area (Å²) in [6, 6.07) is 14.9. The topological polar surface area (TPSA) is 43.8 Å².